The lowest BCUT2D eigenvalue weighted by Crippen LogP contribution is -2.14. The molecular formula is C13H13F3O2. The number of aliphatic hydroxyl groups excluding tert-OH is 1. The normalized spacial score (nSPS) is 17.2. The van der Waals surface area contributed by atoms with E-state index < -0.39 is 17.8 Å². The SMILES string of the molecule is OC(Cc1ccc(C(F)(F)F)cc1)C1=CCCO1. The molecule has 1 atom stereocenters. The van der Waals surface area contributed by atoms with Gasteiger partial charge < -0.3 is 9.84 Å². The lowest BCUT2D eigenvalue weighted by atomic mass is 10.0. The van der Waals surface area contributed by atoms with Crippen molar-refractivity contribution in [3.63, 3.8) is 0 Å². The average molecular weight is 258 g/mol. The Labute approximate surface area is 103 Å². The van der Waals surface area contributed by atoms with E-state index in [9.17, 15) is 18.3 Å². The van der Waals surface area contributed by atoms with Crippen LogP contribution in [0.25, 0.3) is 0 Å². The highest BCUT2D eigenvalue weighted by molar-refractivity contribution is 5.26. The van der Waals surface area contributed by atoms with Crippen LogP contribution < -0.4 is 0 Å². The van der Waals surface area contributed by atoms with Gasteiger partial charge in [-0.2, -0.15) is 13.2 Å². The highest BCUT2D eigenvalue weighted by Crippen LogP contribution is 2.29. The van der Waals surface area contributed by atoms with Gasteiger partial charge in [0.25, 0.3) is 0 Å². The second kappa shape index (κ2) is 5.02. The zero-order valence-electron chi connectivity index (χ0n) is 9.57. The number of halogens is 3. The standard InChI is InChI=1S/C13H13F3O2/c14-13(15,16)10-5-3-9(4-6-10)8-11(17)12-2-1-7-18-12/h2-6,11,17H,1,7-8H2. The van der Waals surface area contributed by atoms with Gasteiger partial charge in [-0.3, -0.25) is 0 Å². The molecule has 1 N–H and O–H groups in total. The highest BCUT2D eigenvalue weighted by Gasteiger charge is 2.30. The van der Waals surface area contributed by atoms with E-state index in [4.69, 9.17) is 4.74 Å². The molecule has 1 heterocycles. The predicted molar refractivity (Wildman–Crippen MR) is 59.8 cm³/mol. The Morgan fingerprint density at radius 3 is 2.39 bits per heavy atom. The summed E-state index contributed by atoms with van der Waals surface area (Å²) in [6, 6.07) is 4.79. The number of benzene rings is 1. The molecule has 1 aliphatic rings. The first-order chi connectivity index (χ1) is 8.47. The Balaban J connectivity index is 2.02. The van der Waals surface area contributed by atoms with Crippen molar-refractivity contribution in [2.45, 2.75) is 25.1 Å². The topological polar surface area (TPSA) is 29.5 Å². The van der Waals surface area contributed by atoms with Crippen LogP contribution in [0.15, 0.2) is 36.1 Å². The van der Waals surface area contributed by atoms with E-state index in [0.717, 1.165) is 18.6 Å². The zero-order chi connectivity index (χ0) is 13.2. The number of ether oxygens (including phenoxy) is 1. The summed E-state index contributed by atoms with van der Waals surface area (Å²) in [5.41, 5.74) is -0.0380. The van der Waals surface area contributed by atoms with Crippen LogP contribution in [0, 0.1) is 0 Å². The van der Waals surface area contributed by atoms with Gasteiger partial charge in [0, 0.05) is 12.8 Å². The van der Waals surface area contributed by atoms with Gasteiger partial charge in [-0.25, -0.2) is 0 Å². The molecule has 98 valence electrons. The average Bonchev–Trinajstić information content (AvgIpc) is 2.82. The molecule has 0 bridgehead atoms. The summed E-state index contributed by atoms with van der Waals surface area (Å²) >= 11 is 0. The molecule has 0 spiro atoms. The number of hydrogen-bond acceptors (Lipinski definition) is 2. The first-order valence-corrected chi connectivity index (χ1v) is 5.64. The van der Waals surface area contributed by atoms with E-state index in [0.29, 0.717) is 17.9 Å². The summed E-state index contributed by atoms with van der Waals surface area (Å²) in [5.74, 6) is 0.509. The van der Waals surface area contributed by atoms with Crippen molar-refractivity contribution >= 4 is 0 Å². The molecule has 1 aromatic rings. The van der Waals surface area contributed by atoms with Crippen molar-refractivity contribution < 1.29 is 23.0 Å². The maximum absolute atomic E-state index is 12.3. The van der Waals surface area contributed by atoms with Crippen molar-refractivity contribution in [3.8, 4) is 0 Å². The third-order valence-corrected chi connectivity index (χ3v) is 2.77. The summed E-state index contributed by atoms with van der Waals surface area (Å²) in [6.07, 6.45) is -2.30. The van der Waals surface area contributed by atoms with Crippen LogP contribution in [0.5, 0.6) is 0 Å². The van der Waals surface area contributed by atoms with E-state index in [1.54, 1.807) is 6.08 Å². The molecule has 5 heteroatoms. The minimum absolute atomic E-state index is 0.254. The Kier molecular flexibility index (Phi) is 3.61. The monoisotopic (exact) mass is 258 g/mol. The smallest absolute Gasteiger partial charge is 0.416 e. The van der Waals surface area contributed by atoms with Gasteiger partial charge >= 0.3 is 6.18 Å². The molecule has 0 amide bonds. The second-order valence-corrected chi connectivity index (χ2v) is 4.16. The van der Waals surface area contributed by atoms with Crippen LogP contribution in [0.2, 0.25) is 0 Å². The van der Waals surface area contributed by atoms with Crippen LogP contribution in [-0.4, -0.2) is 17.8 Å². The van der Waals surface area contributed by atoms with Crippen molar-refractivity contribution in [1.82, 2.24) is 0 Å². The molecule has 0 radical (unpaired) electrons. The summed E-state index contributed by atoms with van der Waals surface area (Å²) in [7, 11) is 0. The number of hydrogen-bond donors (Lipinski definition) is 1. The van der Waals surface area contributed by atoms with Gasteiger partial charge in [-0.05, 0) is 23.8 Å². The first-order valence-electron chi connectivity index (χ1n) is 5.64. The van der Waals surface area contributed by atoms with Gasteiger partial charge in [-0.1, -0.05) is 12.1 Å². The van der Waals surface area contributed by atoms with Crippen LogP contribution in [-0.2, 0) is 17.3 Å². The van der Waals surface area contributed by atoms with Gasteiger partial charge in [-0.15, -0.1) is 0 Å². The summed E-state index contributed by atoms with van der Waals surface area (Å²) in [4.78, 5) is 0. The van der Waals surface area contributed by atoms with Crippen molar-refractivity contribution in [1.29, 1.82) is 0 Å². The van der Waals surface area contributed by atoms with Gasteiger partial charge in [0.05, 0.1) is 12.2 Å². The number of rotatable bonds is 3. The zero-order valence-corrected chi connectivity index (χ0v) is 9.57. The molecule has 18 heavy (non-hydrogen) atoms. The lowest BCUT2D eigenvalue weighted by molar-refractivity contribution is -0.137. The fourth-order valence-electron chi connectivity index (χ4n) is 1.82. The molecule has 0 aliphatic carbocycles. The molecule has 2 nitrogen and oxygen atoms in total. The minimum Gasteiger partial charge on any atom is -0.495 e. The van der Waals surface area contributed by atoms with Gasteiger partial charge in [0.1, 0.15) is 11.9 Å². The van der Waals surface area contributed by atoms with E-state index in [-0.39, 0.29) is 6.42 Å². The Bertz CT molecular complexity index is 435. The lowest BCUT2D eigenvalue weighted by Gasteiger charge is -2.13. The molecular weight excluding hydrogens is 245 g/mol. The molecule has 0 fully saturated rings. The number of aliphatic hydroxyl groups is 1. The van der Waals surface area contributed by atoms with Gasteiger partial charge in [0.15, 0.2) is 0 Å². The van der Waals surface area contributed by atoms with Crippen LogP contribution in [0.3, 0.4) is 0 Å². The molecule has 1 aliphatic heterocycles. The quantitative estimate of drug-likeness (QED) is 0.903. The third-order valence-electron chi connectivity index (χ3n) is 2.77. The molecule has 1 aromatic carbocycles. The minimum atomic E-state index is -4.33. The Morgan fingerprint density at radius 2 is 1.89 bits per heavy atom. The molecule has 1 unspecified atom stereocenters. The van der Waals surface area contributed by atoms with Crippen LogP contribution >= 0.6 is 0 Å². The summed E-state index contributed by atoms with van der Waals surface area (Å²) < 4.78 is 42.2. The molecule has 0 saturated carbocycles. The molecule has 0 saturated heterocycles. The fraction of sp³-hybridized carbons (Fsp3) is 0.385. The van der Waals surface area contributed by atoms with Gasteiger partial charge in [0.2, 0.25) is 0 Å². The Hall–Kier alpha value is -1.49. The van der Waals surface area contributed by atoms with E-state index in [1.807, 2.05) is 0 Å². The Morgan fingerprint density at radius 1 is 1.22 bits per heavy atom. The van der Waals surface area contributed by atoms with E-state index in [1.165, 1.54) is 12.1 Å². The maximum Gasteiger partial charge on any atom is 0.416 e. The highest BCUT2D eigenvalue weighted by atomic mass is 19.4. The second-order valence-electron chi connectivity index (χ2n) is 4.16. The fourth-order valence-corrected chi connectivity index (χ4v) is 1.82. The summed E-state index contributed by atoms with van der Waals surface area (Å²) in [5, 5.41) is 9.82. The number of alkyl halides is 3. The van der Waals surface area contributed by atoms with Crippen molar-refractivity contribution in [2.75, 3.05) is 6.61 Å². The predicted octanol–water partition coefficient (Wildman–Crippen LogP) is 2.91. The van der Waals surface area contributed by atoms with Crippen LogP contribution in [0.1, 0.15) is 17.5 Å². The third kappa shape index (κ3) is 3.04. The van der Waals surface area contributed by atoms with E-state index in [2.05, 4.69) is 0 Å². The van der Waals surface area contributed by atoms with Crippen molar-refractivity contribution in [2.24, 2.45) is 0 Å². The summed E-state index contributed by atoms with van der Waals surface area (Å²) in [6.45, 7) is 0.555. The largest absolute Gasteiger partial charge is 0.495 e. The molecule has 0 aromatic heterocycles. The maximum atomic E-state index is 12.3. The van der Waals surface area contributed by atoms with E-state index >= 15 is 0 Å². The molecule has 2 rings (SSSR count). The van der Waals surface area contributed by atoms with Crippen molar-refractivity contribution in [3.05, 3.63) is 47.2 Å². The first kappa shape index (κ1) is 13.0. The van der Waals surface area contributed by atoms with Crippen LogP contribution in [0.4, 0.5) is 13.2 Å².